The van der Waals surface area contributed by atoms with Gasteiger partial charge in [-0.25, -0.2) is 9.59 Å². The van der Waals surface area contributed by atoms with E-state index in [1.807, 2.05) is 0 Å². The zero-order chi connectivity index (χ0) is 12.3. The molecule has 6 nitrogen and oxygen atoms in total. The molecule has 0 aliphatic carbocycles. The number of hydrogen-bond donors (Lipinski definition) is 2. The van der Waals surface area contributed by atoms with Crippen LogP contribution < -0.4 is 0 Å². The number of carboxylic acids is 1. The van der Waals surface area contributed by atoms with E-state index in [9.17, 15) is 9.59 Å². The van der Waals surface area contributed by atoms with Crippen molar-refractivity contribution in [3.8, 4) is 0 Å². The number of aliphatic hydroxyl groups is 1. The number of aliphatic hydroxyl groups excluding tert-OH is 1. The molecular formula is C10H12O6. The van der Waals surface area contributed by atoms with Gasteiger partial charge in [0.05, 0.1) is 7.11 Å². The van der Waals surface area contributed by atoms with Crippen LogP contribution in [0.2, 0.25) is 0 Å². The van der Waals surface area contributed by atoms with Gasteiger partial charge < -0.3 is 19.4 Å². The number of furan rings is 1. The second-order valence-corrected chi connectivity index (χ2v) is 3.23. The van der Waals surface area contributed by atoms with Crippen LogP contribution in [0.1, 0.15) is 21.9 Å². The number of hydrogen-bond acceptors (Lipinski definition) is 5. The molecule has 2 N–H and O–H groups in total. The summed E-state index contributed by atoms with van der Waals surface area (Å²) >= 11 is 0. The predicted octanol–water partition coefficient (Wildman–Crippen LogP) is 0.363. The third-order valence-electron chi connectivity index (χ3n) is 2.05. The molecule has 0 saturated heterocycles. The molecule has 1 aromatic rings. The van der Waals surface area contributed by atoms with Crippen molar-refractivity contribution < 1.29 is 29.0 Å². The molecule has 0 aliphatic rings. The Morgan fingerprint density at radius 1 is 1.56 bits per heavy atom. The number of ether oxygens (including phenoxy) is 1. The van der Waals surface area contributed by atoms with Gasteiger partial charge in [0.2, 0.25) is 0 Å². The van der Waals surface area contributed by atoms with Gasteiger partial charge in [-0.15, -0.1) is 0 Å². The predicted molar refractivity (Wildman–Crippen MR) is 52.1 cm³/mol. The highest BCUT2D eigenvalue weighted by Crippen LogP contribution is 2.17. The van der Waals surface area contributed by atoms with Crippen LogP contribution in [0.3, 0.4) is 0 Å². The fourth-order valence-corrected chi connectivity index (χ4v) is 1.23. The van der Waals surface area contributed by atoms with Gasteiger partial charge >= 0.3 is 11.9 Å². The molecule has 0 amide bonds. The van der Waals surface area contributed by atoms with Crippen LogP contribution in [0.5, 0.6) is 0 Å². The first kappa shape index (κ1) is 12.3. The minimum Gasteiger partial charge on any atom is -0.479 e. The van der Waals surface area contributed by atoms with Crippen LogP contribution in [0.15, 0.2) is 10.5 Å². The maximum absolute atomic E-state index is 11.2. The zero-order valence-electron chi connectivity index (χ0n) is 8.89. The third-order valence-corrected chi connectivity index (χ3v) is 2.05. The summed E-state index contributed by atoms with van der Waals surface area (Å²) in [5.74, 6) is -1.33. The second-order valence-electron chi connectivity index (χ2n) is 3.23. The lowest BCUT2D eigenvalue weighted by Crippen LogP contribution is -2.21. The highest BCUT2D eigenvalue weighted by molar-refractivity contribution is 5.90. The van der Waals surface area contributed by atoms with Gasteiger partial charge in [-0.3, -0.25) is 0 Å². The van der Waals surface area contributed by atoms with Gasteiger partial charge in [0, 0.05) is 6.42 Å². The summed E-state index contributed by atoms with van der Waals surface area (Å²) in [5, 5.41) is 17.6. The molecule has 88 valence electrons. The van der Waals surface area contributed by atoms with E-state index in [0.717, 1.165) is 0 Å². The number of carboxylic acid groups (broad SMARTS) is 1. The van der Waals surface area contributed by atoms with Crippen LogP contribution in [0.25, 0.3) is 0 Å². The van der Waals surface area contributed by atoms with Crippen molar-refractivity contribution in [2.24, 2.45) is 0 Å². The Hall–Kier alpha value is -1.82. The van der Waals surface area contributed by atoms with Gasteiger partial charge in [-0.1, -0.05) is 0 Å². The number of aliphatic carboxylic acids is 1. The SMILES string of the molecule is COC(=O)c1cc(CC(O)C(=O)O)oc1C. The van der Waals surface area contributed by atoms with Crippen LogP contribution in [-0.2, 0) is 16.0 Å². The van der Waals surface area contributed by atoms with E-state index in [4.69, 9.17) is 14.6 Å². The van der Waals surface area contributed by atoms with Crippen molar-refractivity contribution in [3.05, 3.63) is 23.2 Å². The van der Waals surface area contributed by atoms with E-state index in [1.165, 1.54) is 13.2 Å². The van der Waals surface area contributed by atoms with Crippen molar-refractivity contribution in [3.63, 3.8) is 0 Å². The highest BCUT2D eigenvalue weighted by Gasteiger charge is 2.20. The molecule has 0 aliphatic heterocycles. The lowest BCUT2D eigenvalue weighted by molar-refractivity contribution is -0.146. The molecule has 1 unspecified atom stereocenters. The fraction of sp³-hybridized carbons (Fsp3) is 0.400. The Balaban J connectivity index is 2.85. The van der Waals surface area contributed by atoms with Crippen LogP contribution in [-0.4, -0.2) is 35.4 Å². The van der Waals surface area contributed by atoms with E-state index in [-0.39, 0.29) is 17.7 Å². The molecule has 1 atom stereocenters. The second kappa shape index (κ2) is 4.80. The number of esters is 1. The Kier molecular flexibility index (Phi) is 3.68. The Morgan fingerprint density at radius 3 is 2.69 bits per heavy atom. The van der Waals surface area contributed by atoms with Crippen molar-refractivity contribution in [2.75, 3.05) is 7.11 Å². The average Bonchev–Trinajstić information content (AvgIpc) is 2.58. The summed E-state index contributed by atoms with van der Waals surface area (Å²) in [5.41, 5.74) is 0.232. The molecule has 0 bridgehead atoms. The summed E-state index contributed by atoms with van der Waals surface area (Å²) in [4.78, 5) is 21.6. The summed E-state index contributed by atoms with van der Waals surface area (Å²) in [7, 11) is 1.24. The first-order valence-electron chi connectivity index (χ1n) is 4.54. The highest BCUT2D eigenvalue weighted by atomic mass is 16.5. The fourth-order valence-electron chi connectivity index (χ4n) is 1.23. The van der Waals surface area contributed by atoms with E-state index < -0.39 is 18.0 Å². The van der Waals surface area contributed by atoms with E-state index >= 15 is 0 Å². The van der Waals surface area contributed by atoms with E-state index in [0.29, 0.717) is 5.76 Å². The molecule has 0 saturated carbocycles. The quantitative estimate of drug-likeness (QED) is 0.722. The number of carbonyl (C=O) groups is 2. The lowest BCUT2D eigenvalue weighted by Gasteiger charge is -2.00. The topological polar surface area (TPSA) is 97.0 Å². The van der Waals surface area contributed by atoms with E-state index in [2.05, 4.69) is 4.74 Å². The molecule has 0 fully saturated rings. The summed E-state index contributed by atoms with van der Waals surface area (Å²) in [6, 6.07) is 1.37. The Labute approximate surface area is 91.4 Å². The van der Waals surface area contributed by atoms with Crippen LogP contribution >= 0.6 is 0 Å². The largest absolute Gasteiger partial charge is 0.479 e. The molecule has 1 heterocycles. The minimum absolute atomic E-state index is 0.187. The first-order chi connectivity index (χ1) is 7.45. The maximum Gasteiger partial charge on any atom is 0.341 e. The van der Waals surface area contributed by atoms with Crippen LogP contribution in [0, 0.1) is 6.92 Å². The van der Waals surface area contributed by atoms with Gasteiger partial charge in [0.1, 0.15) is 17.1 Å². The molecule has 6 heteroatoms. The molecule has 0 spiro atoms. The van der Waals surface area contributed by atoms with Crippen molar-refractivity contribution in [1.82, 2.24) is 0 Å². The lowest BCUT2D eigenvalue weighted by atomic mass is 10.2. The van der Waals surface area contributed by atoms with Gasteiger partial charge in [0.15, 0.2) is 6.10 Å². The standard InChI is InChI=1S/C10H12O6/c1-5-7(10(14)15-2)3-6(16-5)4-8(11)9(12)13/h3,8,11H,4H2,1-2H3,(H,12,13). The normalized spacial score (nSPS) is 12.2. The molecular weight excluding hydrogens is 216 g/mol. The van der Waals surface area contributed by atoms with Crippen molar-refractivity contribution >= 4 is 11.9 Å². The minimum atomic E-state index is -1.55. The molecule has 0 radical (unpaired) electrons. The number of methoxy groups -OCH3 is 1. The van der Waals surface area contributed by atoms with Crippen molar-refractivity contribution in [1.29, 1.82) is 0 Å². The summed E-state index contributed by atoms with van der Waals surface area (Å²) in [6.07, 6.45) is -1.73. The molecule has 16 heavy (non-hydrogen) atoms. The van der Waals surface area contributed by atoms with Gasteiger partial charge in [-0.2, -0.15) is 0 Å². The molecule has 0 aromatic carbocycles. The number of carbonyl (C=O) groups excluding carboxylic acids is 1. The number of aryl methyl sites for hydroxylation is 1. The summed E-state index contributed by atoms with van der Waals surface area (Å²) in [6.45, 7) is 1.56. The number of rotatable bonds is 4. The van der Waals surface area contributed by atoms with E-state index in [1.54, 1.807) is 6.92 Å². The first-order valence-corrected chi connectivity index (χ1v) is 4.54. The van der Waals surface area contributed by atoms with Crippen molar-refractivity contribution in [2.45, 2.75) is 19.4 Å². The van der Waals surface area contributed by atoms with Crippen LogP contribution in [0.4, 0.5) is 0 Å². The summed E-state index contributed by atoms with van der Waals surface area (Å²) < 4.78 is 9.64. The Morgan fingerprint density at radius 2 is 2.19 bits per heavy atom. The molecule has 1 aromatic heterocycles. The average molecular weight is 228 g/mol. The van der Waals surface area contributed by atoms with Gasteiger partial charge in [0.25, 0.3) is 0 Å². The Bertz CT molecular complexity index is 405. The third kappa shape index (κ3) is 2.60. The zero-order valence-corrected chi connectivity index (χ0v) is 8.89. The van der Waals surface area contributed by atoms with Gasteiger partial charge in [-0.05, 0) is 13.0 Å². The molecule has 1 rings (SSSR count). The monoisotopic (exact) mass is 228 g/mol. The maximum atomic E-state index is 11.2. The smallest absolute Gasteiger partial charge is 0.341 e.